The molecule has 1 unspecified atom stereocenters. The standard InChI is InChI=1S/C16H33N3/c1-14-11-19(10-7-17-14)12-15-5-8-18(9-6-15)13-16(2,3)4/h14-15,17H,5-13H2,1-4H3. The van der Waals surface area contributed by atoms with E-state index < -0.39 is 0 Å². The zero-order chi connectivity index (χ0) is 13.9. The fourth-order valence-electron chi connectivity index (χ4n) is 3.54. The maximum atomic E-state index is 3.53. The van der Waals surface area contributed by atoms with E-state index in [0.29, 0.717) is 11.5 Å². The predicted octanol–water partition coefficient (Wildman–Crippen LogP) is 2.04. The summed E-state index contributed by atoms with van der Waals surface area (Å²) in [6, 6.07) is 0.676. The van der Waals surface area contributed by atoms with Gasteiger partial charge < -0.3 is 15.1 Å². The first-order valence-electron chi connectivity index (χ1n) is 8.10. The molecule has 19 heavy (non-hydrogen) atoms. The minimum Gasteiger partial charge on any atom is -0.312 e. The highest BCUT2D eigenvalue weighted by atomic mass is 15.2. The lowest BCUT2D eigenvalue weighted by molar-refractivity contribution is 0.105. The van der Waals surface area contributed by atoms with Crippen LogP contribution in [0.15, 0.2) is 0 Å². The molecule has 2 aliphatic rings. The van der Waals surface area contributed by atoms with E-state index in [2.05, 4.69) is 42.8 Å². The van der Waals surface area contributed by atoms with Crippen molar-refractivity contribution >= 4 is 0 Å². The molecule has 3 nitrogen and oxygen atoms in total. The van der Waals surface area contributed by atoms with Crippen molar-refractivity contribution in [2.24, 2.45) is 11.3 Å². The highest BCUT2D eigenvalue weighted by molar-refractivity contribution is 4.81. The van der Waals surface area contributed by atoms with Crippen LogP contribution in [-0.2, 0) is 0 Å². The third-order valence-corrected chi connectivity index (χ3v) is 4.37. The fraction of sp³-hybridized carbons (Fsp3) is 1.00. The molecule has 2 fully saturated rings. The minimum atomic E-state index is 0.445. The maximum absolute atomic E-state index is 3.53. The largest absolute Gasteiger partial charge is 0.312 e. The molecule has 0 aromatic carbocycles. The van der Waals surface area contributed by atoms with Gasteiger partial charge in [0, 0.05) is 38.8 Å². The maximum Gasteiger partial charge on any atom is 0.0167 e. The van der Waals surface area contributed by atoms with Crippen LogP contribution in [0.2, 0.25) is 0 Å². The van der Waals surface area contributed by atoms with Crippen molar-refractivity contribution in [3.8, 4) is 0 Å². The number of nitrogens with one attached hydrogen (secondary N) is 1. The van der Waals surface area contributed by atoms with E-state index in [1.165, 1.54) is 58.7 Å². The molecule has 2 saturated heterocycles. The fourth-order valence-corrected chi connectivity index (χ4v) is 3.54. The summed E-state index contributed by atoms with van der Waals surface area (Å²) in [6.07, 6.45) is 2.79. The Labute approximate surface area is 119 Å². The first-order chi connectivity index (χ1) is 8.92. The molecule has 0 spiro atoms. The first kappa shape index (κ1) is 15.3. The van der Waals surface area contributed by atoms with Crippen molar-refractivity contribution < 1.29 is 0 Å². The number of piperidine rings is 1. The number of hydrogen-bond donors (Lipinski definition) is 1. The number of nitrogens with zero attached hydrogens (tertiary/aromatic N) is 2. The van der Waals surface area contributed by atoms with Crippen molar-refractivity contribution in [1.29, 1.82) is 0 Å². The van der Waals surface area contributed by atoms with Crippen LogP contribution in [0.25, 0.3) is 0 Å². The van der Waals surface area contributed by atoms with Crippen molar-refractivity contribution in [2.45, 2.75) is 46.6 Å². The molecule has 2 aliphatic heterocycles. The van der Waals surface area contributed by atoms with E-state index in [1.807, 2.05) is 0 Å². The summed E-state index contributed by atoms with van der Waals surface area (Å²) in [6.45, 7) is 18.2. The molecule has 0 saturated carbocycles. The van der Waals surface area contributed by atoms with Crippen molar-refractivity contribution in [2.75, 3.05) is 45.8 Å². The van der Waals surface area contributed by atoms with E-state index >= 15 is 0 Å². The Morgan fingerprint density at radius 3 is 2.32 bits per heavy atom. The van der Waals surface area contributed by atoms with E-state index in [9.17, 15) is 0 Å². The molecule has 3 heteroatoms. The predicted molar refractivity (Wildman–Crippen MR) is 82.5 cm³/mol. The van der Waals surface area contributed by atoms with Gasteiger partial charge in [0.1, 0.15) is 0 Å². The van der Waals surface area contributed by atoms with Gasteiger partial charge in [-0.3, -0.25) is 0 Å². The van der Waals surface area contributed by atoms with Gasteiger partial charge in [-0.15, -0.1) is 0 Å². The van der Waals surface area contributed by atoms with Gasteiger partial charge >= 0.3 is 0 Å². The summed E-state index contributed by atoms with van der Waals surface area (Å²) in [4.78, 5) is 5.34. The van der Waals surface area contributed by atoms with Crippen molar-refractivity contribution in [1.82, 2.24) is 15.1 Å². The topological polar surface area (TPSA) is 18.5 Å². The molecule has 1 N–H and O–H groups in total. The molecular weight excluding hydrogens is 234 g/mol. The molecule has 0 aromatic heterocycles. The van der Waals surface area contributed by atoms with Crippen LogP contribution in [-0.4, -0.2) is 61.7 Å². The second kappa shape index (κ2) is 6.55. The van der Waals surface area contributed by atoms with Crippen molar-refractivity contribution in [3.05, 3.63) is 0 Å². The molecule has 0 bridgehead atoms. The normalized spacial score (nSPS) is 28.7. The SMILES string of the molecule is CC1CN(CC2CCN(CC(C)(C)C)CC2)CCN1. The Morgan fingerprint density at radius 1 is 1.05 bits per heavy atom. The first-order valence-corrected chi connectivity index (χ1v) is 8.10. The third kappa shape index (κ3) is 5.41. The van der Waals surface area contributed by atoms with Gasteiger partial charge in [-0.1, -0.05) is 20.8 Å². The zero-order valence-corrected chi connectivity index (χ0v) is 13.4. The molecule has 0 aromatic rings. The molecule has 1 atom stereocenters. The van der Waals surface area contributed by atoms with Crippen LogP contribution in [0.3, 0.4) is 0 Å². The van der Waals surface area contributed by atoms with Gasteiger partial charge in [-0.2, -0.15) is 0 Å². The van der Waals surface area contributed by atoms with E-state index in [1.54, 1.807) is 0 Å². The molecule has 0 aliphatic carbocycles. The second-order valence-electron chi connectivity index (χ2n) is 7.89. The van der Waals surface area contributed by atoms with Crippen LogP contribution >= 0.6 is 0 Å². The van der Waals surface area contributed by atoms with E-state index in [0.717, 1.165) is 5.92 Å². The van der Waals surface area contributed by atoms with Gasteiger partial charge in [0.2, 0.25) is 0 Å². The summed E-state index contributed by atoms with van der Waals surface area (Å²) in [7, 11) is 0. The summed E-state index contributed by atoms with van der Waals surface area (Å²) in [5.74, 6) is 0.932. The van der Waals surface area contributed by atoms with Crippen LogP contribution in [0.5, 0.6) is 0 Å². The molecule has 0 amide bonds. The number of rotatable bonds is 3. The second-order valence-corrected chi connectivity index (χ2v) is 7.89. The number of piperazine rings is 1. The Kier molecular flexibility index (Phi) is 5.27. The lowest BCUT2D eigenvalue weighted by Crippen LogP contribution is -2.51. The number of hydrogen-bond acceptors (Lipinski definition) is 3. The molecule has 0 radical (unpaired) electrons. The average molecular weight is 267 g/mol. The van der Waals surface area contributed by atoms with Crippen LogP contribution < -0.4 is 5.32 Å². The van der Waals surface area contributed by atoms with E-state index in [-0.39, 0.29) is 0 Å². The smallest absolute Gasteiger partial charge is 0.0167 e. The Hall–Kier alpha value is -0.120. The third-order valence-electron chi connectivity index (χ3n) is 4.37. The van der Waals surface area contributed by atoms with Crippen LogP contribution in [0, 0.1) is 11.3 Å². The Morgan fingerprint density at radius 2 is 1.74 bits per heavy atom. The van der Waals surface area contributed by atoms with Gasteiger partial charge in [0.05, 0.1) is 0 Å². The molecular formula is C16H33N3. The van der Waals surface area contributed by atoms with Crippen molar-refractivity contribution in [3.63, 3.8) is 0 Å². The molecule has 2 rings (SSSR count). The summed E-state index contributed by atoms with van der Waals surface area (Å²) in [5.41, 5.74) is 0.445. The summed E-state index contributed by atoms with van der Waals surface area (Å²) in [5, 5.41) is 3.53. The van der Waals surface area contributed by atoms with E-state index in [4.69, 9.17) is 0 Å². The van der Waals surface area contributed by atoms with Gasteiger partial charge in [0.25, 0.3) is 0 Å². The zero-order valence-electron chi connectivity index (χ0n) is 13.4. The quantitative estimate of drug-likeness (QED) is 0.844. The molecule has 2 heterocycles. The van der Waals surface area contributed by atoms with Crippen LogP contribution in [0.4, 0.5) is 0 Å². The summed E-state index contributed by atoms with van der Waals surface area (Å²) < 4.78 is 0. The average Bonchev–Trinajstić information content (AvgIpc) is 2.30. The van der Waals surface area contributed by atoms with Crippen LogP contribution in [0.1, 0.15) is 40.5 Å². The minimum absolute atomic E-state index is 0.445. The highest BCUT2D eigenvalue weighted by Gasteiger charge is 2.25. The Balaban J connectivity index is 1.68. The van der Waals surface area contributed by atoms with Gasteiger partial charge in [-0.25, -0.2) is 0 Å². The number of likely N-dealkylation sites (tertiary alicyclic amines) is 1. The summed E-state index contributed by atoms with van der Waals surface area (Å²) >= 11 is 0. The Bertz CT molecular complexity index is 264. The highest BCUT2D eigenvalue weighted by Crippen LogP contribution is 2.23. The van der Waals surface area contributed by atoms with Gasteiger partial charge in [0.15, 0.2) is 0 Å². The lowest BCUT2D eigenvalue weighted by Gasteiger charge is -2.39. The van der Waals surface area contributed by atoms with Gasteiger partial charge in [-0.05, 0) is 44.2 Å². The lowest BCUT2D eigenvalue weighted by atomic mass is 9.91. The molecule has 112 valence electrons. The monoisotopic (exact) mass is 267 g/mol.